The number of carboxylic acid groups (broad SMARTS) is 1. The van der Waals surface area contributed by atoms with E-state index >= 15 is 0 Å². The molecule has 1 aromatic heterocycles. The van der Waals surface area contributed by atoms with Gasteiger partial charge in [0, 0.05) is 13.2 Å². The first-order chi connectivity index (χ1) is 9.66. The zero-order valence-corrected chi connectivity index (χ0v) is 11.1. The van der Waals surface area contributed by atoms with Crippen molar-refractivity contribution in [3.63, 3.8) is 0 Å². The summed E-state index contributed by atoms with van der Waals surface area (Å²) in [6.07, 6.45) is 3.57. The summed E-state index contributed by atoms with van der Waals surface area (Å²) >= 11 is 0. The van der Waals surface area contributed by atoms with E-state index in [1.807, 2.05) is 23.9 Å². The van der Waals surface area contributed by atoms with E-state index in [9.17, 15) is 9.90 Å². The Bertz CT molecular complexity index is 651. The van der Waals surface area contributed by atoms with Crippen LogP contribution in [-0.4, -0.2) is 33.8 Å². The molecule has 0 amide bonds. The van der Waals surface area contributed by atoms with Crippen LogP contribution in [0.15, 0.2) is 30.7 Å². The van der Waals surface area contributed by atoms with Crippen molar-refractivity contribution in [3.8, 4) is 5.75 Å². The number of hydrogen-bond donors (Lipinski definition) is 1. The monoisotopic (exact) mass is 273 g/mol. The molecule has 0 fully saturated rings. The molecule has 0 aliphatic carbocycles. The molecule has 0 spiro atoms. The second kappa shape index (κ2) is 4.88. The number of aromatic nitrogens is 2. The van der Waals surface area contributed by atoms with Crippen molar-refractivity contribution < 1.29 is 14.6 Å². The SMILES string of the molecule is Cn1cncc1CN1CCOc2c(C(=O)O)cccc21. The number of aromatic carboxylic acids is 1. The van der Waals surface area contributed by atoms with Gasteiger partial charge in [0.25, 0.3) is 0 Å². The summed E-state index contributed by atoms with van der Waals surface area (Å²) in [5.74, 6) is -0.516. The summed E-state index contributed by atoms with van der Waals surface area (Å²) < 4.78 is 7.51. The summed E-state index contributed by atoms with van der Waals surface area (Å²) in [5, 5.41) is 9.22. The number of aryl methyl sites for hydroxylation is 1. The van der Waals surface area contributed by atoms with Crippen LogP contribution in [0.5, 0.6) is 5.75 Å². The first kappa shape index (κ1) is 12.5. The number of ether oxygens (including phenoxy) is 1. The quantitative estimate of drug-likeness (QED) is 0.918. The molecule has 1 aliphatic heterocycles. The number of para-hydroxylation sites is 1. The highest BCUT2D eigenvalue weighted by atomic mass is 16.5. The molecule has 0 saturated heterocycles. The highest BCUT2D eigenvalue weighted by Crippen LogP contribution is 2.35. The fourth-order valence-corrected chi connectivity index (χ4v) is 2.37. The lowest BCUT2D eigenvalue weighted by Gasteiger charge is -2.31. The van der Waals surface area contributed by atoms with Gasteiger partial charge in [-0.2, -0.15) is 0 Å². The molecule has 0 radical (unpaired) electrons. The molecule has 20 heavy (non-hydrogen) atoms. The molecule has 0 bridgehead atoms. The molecule has 1 N–H and O–H groups in total. The summed E-state index contributed by atoms with van der Waals surface area (Å²) in [4.78, 5) is 17.5. The fourth-order valence-electron chi connectivity index (χ4n) is 2.37. The highest BCUT2D eigenvalue weighted by molar-refractivity contribution is 5.93. The van der Waals surface area contributed by atoms with Crippen LogP contribution in [0.25, 0.3) is 0 Å². The number of rotatable bonds is 3. The molecular formula is C14H15N3O3. The molecule has 0 unspecified atom stereocenters. The van der Waals surface area contributed by atoms with Crippen LogP contribution in [0.1, 0.15) is 16.1 Å². The summed E-state index contributed by atoms with van der Waals surface area (Å²) in [6, 6.07) is 5.19. The molecule has 3 rings (SSSR count). The molecule has 1 aliphatic rings. The molecule has 6 nitrogen and oxygen atoms in total. The largest absolute Gasteiger partial charge is 0.489 e. The molecular weight excluding hydrogens is 258 g/mol. The van der Waals surface area contributed by atoms with Gasteiger partial charge in [-0.25, -0.2) is 9.78 Å². The van der Waals surface area contributed by atoms with Crippen molar-refractivity contribution in [1.29, 1.82) is 0 Å². The van der Waals surface area contributed by atoms with Crippen LogP contribution in [0, 0.1) is 0 Å². The Hall–Kier alpha value is -2.50. The van der Waals surface area contributed by atoms with Crippen LogP contribution in [0.4, 0.5) is 5.69 Å². The van der Waals surface area contributed by atoms with E-state index in [4.69, 9.17) is 4.74 Å². The third-order valence-corrected chi connectivity index (χ3v) is 3.44. The lowest BCUT2D eigenvalue weighted by molar-refractivity contribution is 0.0692. The van der Waals surface area contributed by atoms with E-state index in [0.717, 1.165) is 17.9 Å². The van der Waals surface area contributed by atoms with E-state index in [1.54, 1.807) is 18.5 Å². The number of carboxylic acids is 1. The van der Waals surface area contributed by atoms with Gasteiger partial charge in [0.05, 0.1) is 30.8 Å². The van der Waals surface area contributed by atoms with Gasteiger partial charge in [-0.1, -0.05) is 6.07 Å². The lowest BCUT2D eigenvalue weighted by atomic mass is 10.1. The summed E-state index contributed by atoms with van der Waals surface area (Å²) in [5.41, 5.74) is 2.09. The maximum absolute atomic E-state index is 11.2. The third kappa shape index (κ3) is 2.09. The molecule has 0 atom stereocenters. The Balaban J connectivity index is 1.96. The Morgan fingerprint density at radius 2 is 2.35 bits per heavy atom. The Kier molecular flexibility index (Phi) is 3.06. The van der Waals surface area contributed by atoms with Gasteiger partial charge < -0.3 is 19.3 Å². The average Bonchev–Trinajstić information content (AvgIpc) is 2.84. The first-order valence-corrected chi connectivity index (χ1v) is 6.36. The predicted molar refractivity (Wildman–Crippen MR) is 73.2 cm³/mol. The average molecular weight is 273 g/mol. The van der Waals surface area contributed by atoms with Crippen LogP contribution in [-0.2, 0) is 13.6 Å². The second-order valence-corrected chi connectivity index (χ2v) is 4.72. The van der Waals surface area contributed by atoms with Crippen molar-refractivity contribution in [2.24, 2.45) is 7.05 Å². The van der Waals surface area contributed by atoms with Gasteiger partial charge in [0.15, 0.2) is 5.75 Å². The smallest absolute Gasteiger partial charge is 0.339 e. The molecule has 1 aromatic carbocycles. The Morgan fingerprint density at radius 3 is 3.05 bits per heavy atom. The number of anilines is 1. The third-order valence-electron chi connectivity index (χ3n) is 3.44. The number of carbonyl (C=O) groups is 1. The van der Waals surface area contributed by atoms with Crippen LogP contribution in [0.3, 0.4) is 0 Å². The van der Waals surface area contributed by atoms with E-state index in [0.29, 0.717) is 18.9 Å². The van der Waals surface area contributed by atoms with Gasteiger partial charge in [0.2, 0.25) is 0 Å². The standard InChI is InChI=1S/C14H15N3O3/c1-16-9-15-7-10(16)8-17-5-6-20-13-11(14(18)19)3-2-4-12(13)17/h2-4,7,9H,5-6,8H2,1H3,(H,18,19). The van der Waals surface area contributed by atoms with Crippen LogP contribution >= 0.6 is 0 Å². The number of imidazole rings is 1. The number of benzene rings is 1. The molecule has 2 aromatic rings. The minimum absolute atomic E-state index is 0.206. The van der Waals surface area contributed by atoms with Crippen molar-refractivity contribution in [3.05, 3.63) is 42.0 Å². The Labute approximate surface area is 116 Å². The number of hydrogen-bond acceptors (Lipinski definition) is 4. The molecule has 2 heterocycles. The van der Waals surface area contributed by atoms with Crippen LogP contribution < -0.4 is 9.64 Å². The minimum Gasteiger partial charge on any atom is -0.489 e. The minimum atomic E-state index is -0.968. The normalized spacial score (nSPS) is 13.8. The lowest BCUT2D eigenvalue weighted by Crippen LogP contribution is -2.33. The van der Waals surface area contributed by atoms with Crippen LogP contribution in [0.2, 0.25) is 0 Å². The second-order valence-electron chi connectivity index (χ2n) is 4.72. The maximum atomic E-state index is 11.2. The Morgan fingerprint density at radius 1 is 1.50 bits per heavy atom. The fraction of sp³-hybridized carbons (Fsp3) is 0.286. The van der Waals surface area contributed by atoms with Gasteiger partial charge >= 0.3 is 5.97 Å². The number of fused-ring (bicyclic) bond motifs is 1. The van der Waals surface area contributed by atoms with Gasteiger partial charge in [0.1, 0.15) is 12.2 Å². The van der Waals surface area contributed by atoms with E-state index < -0.39 is 5.97 Å². The van der Waals surface area contributed by atoms with Crippen molar-refractivity contribution in [1.82, 2.24) is 9.55 Å². The number of nitrogens with zero attached hydrogens (tertiary/aromatic N) is 3. The highest BCUT2D eigenvalue weighted by Gasteiger charge is 2.24. The van der Waals surface area contributed by atoms with Crippen molar-refractivity contribution >= 4 is 11.7 Å². The molecule has 0 saturated carbocycles. The zero-order valence-electron chi connectivity index (χ0n) is 11.1. The van der Waals surface area contributed by atoms with Gasteiger partial charge in [-0.15, -0.1) is 0 Å². The topological polar surface area (TPSA) is 67.6 Å². The van der Waals surface area contributed by atoms with E-state index in [2.05, 4.69) is 9.88 Å². The summed E-state index contributed by atoms with van der Waals surface area (Å²) in [7, 11) is 1.94. The van der Waals surface area contributed by atoms with E-state index in [-0.39, 0.29) is 5.56 Å². The first-order valence-electron chi connectivity index (χ1n) is 6.36. The van der Waals surface area contributed by atoms with Crippen molar-refractivity contribution in [2.75, 3.05) is 18.1 Å². The maximum Gasteiger partial charge on any atom is 0.339 e. The summed E-state index contributed by atoms with van der Waals surface area (Å²) in [6.45, 7) is 1.88. The molecule has 104 valence electrons. The van der Waals surface area contributed by atoms with E-state index in [1.165, 1.54) is 0 Å². The predicted octanol–water partition coefficient (Wildman–Crippen LogP) is 1.52. The van der Waals surface area contributed by atoms with Crippen molar-refractivity contribution in [2.45, 2.75) is 6.54 Å². The zero-order chi connectivity index (χ0) is 14.1. The molecule has 6 heteroatoms. The van der Waals surface area contributed by atoms with Gasteiger partial charge in [-0.3, -0.25) is 0 Å². The van der Waals surface area contributed by atoms with Gasteiger partial charge in [-0.05, 0) is 12.1 Å².